The number of rotatable bonds is 2. The minimum atomic E-state index is -1.01. The molecule has 5 nitrogen and oxygen atoms in total. The van der Waals surface area contributed by atoms with Gasteiger partial charge in [-0.2, -0.15) is 5.26 Å². The molecule has 0 amide bonds. The van der Waals surface area contributed by atoms with Crippen LogP contribution < -0.4 is 0 Å². The van der Waals surface area contributed by atoms with Crippen molar-refractivity contribution in [2.75, 3.05) is 0 Å². The second-order valence-corrected chi connectivity index (χ2v) is 2.74. The Labute approximate surface area is 83.9 Å². The molecule has 0 N–H and O–H groups in total. The molecule has 1 aromatic rings. The largest absolute Gasteiger partial charge is 0.300 e. The fraction of sp³-hybridized carbons (Fsp3) is 0.111. The Morgan fingerprint density at radius 2 is 2.20 bits per heavy atom. The number of benzene rings is 1. The minimum absolute atomic E-state index is 0.266. The molecule has 6 heteroatoms. The van der Waals surface area contributed by atoms with Gasteiger partial charge in [-0.25, -0.2) is 4.39 Å². The van der Waals surface area contributed by atoms with E-state index in [2.05, 4.69) is 0 Å². The van der Waals surface area contributed by atoms with Gasteiger partial charge in [0.2, 0.25) is 0 Å². The number of carbonyl (C=O) groups is 1. The third-order valence-electron chi connectivity index (χ3n) is 1.80. The summed E-state index contributed by atoms with van der Waals surface area (Å²) >= 11 is 0. The van der Waals surface area contributed by atoms with Crippen molar-refractivity contribution < 1.29 is 14.1 Å². The zero-order chi connectivity index (χ0) is 11.6. The summed E-state index contributed by atoms with van der Waals surface area (Å²) in [6, 6.07) is 3.23. The Kier molecular flexibility index (Phi) is 2.76. The maximum Gasteiger partial charge on any atom is 0.300 e. The summed E-state index contributed by atoms with van der Waals surface area (Å²) in [4.78, 5) is 20.7. The number of halogens is 1. The van der Waals surface area contributed by atoms with Crippen molar-refractivity contribution in [2.45, 2.75) is 6.92 Å². The molecule has 0 radical (unpaired) electrons. The van der Waals surface area contributed by atoms with Crippen LogP contribution in [0.4, 0.5) is 10.1 Å². The van der Waals surface area contributed by atoms with Crippen molar-refractivity contribution in [3.8, 4) is 6.07 Å². The molecule has 1 rings (SSSR count). The molecule has 1 aromatic carbocycles. The molecule has 0 aromatic heterocycles. The van der Waals surface area contributed by atoms with E-state index in [9.17, 15) is 19.3 Å². The molecular weight excluding hydrogens is 203 g/mol. The number of nitro groups is 1. The Bertz CT molecular complexity index is 491. The number of nitro benzene ring substituents is 1. The Hall–Kier alpha value is -2.29. The zero-order valence-corrected chi connectivity index (χ0v) is 7.65. The molecule has 0 aliphatic carbocycles. The third kappa shape index (κ3) is 1.81. The average Bonchev–Trinajstić information content (AvgIpc) is 2.16. The summed E-state index contributed by atoms with van der Waals surface area (Å²) in [6.45, 7) is 1.11. The lowest BCUT2D eigenvalue weighted by Crippen LogP contribution is -2.04. The molecule has 0 aliphatic rings. The second kappa shape index (κ2) is 3.84. The SMILES string of the molecule is CC(=O)c1ccc(F)c(C#N)c1[N+](=O)[O-]. The lowest BCUT2D eigenvalue weighted by Gasteiger charge is -2.00. The highest BCUT2D eigenvalue weighted by Crippen LogP contribution is 2.25. The molecule has 0 spiro atoms. The quantitative estimate of drug-likeness (QED) is 0.421. The molecule has 15 heavy (non-hydrogen) atoms. The van der Waals surface area contributed by atoms with Crippen LogP contribution in [0.25, 0.3) is 0 Å². The fourth-order valence-corrected chi connectivity index (χ4v) is 1.15. The van der Waals surface area contributed by atoms with Crippen molar-refractivity contribution in [2.24, 2.45) is 0 Å². The maximum atomic E-state index is 13.0. The van der Waals surface area contributed by atoms with Gasteiger partial charge in [0.1, 0.15) is 11.9 Å². The summed E-state index contributed by atoms with van der Waals surface area (Å²) in [7, 11) is 0. The van der Waals surface area contributed by atoms with E-state index in [4.69, 9.17) is 5.26 Å². The highest BCUT2D eigenvalue weighted by atomic mass is 19.1. The predicted molar refractivity (Wildman–Crippen MR) is 47.8 cm³/mol. The van der Waals surface area contributed by atoms with E-state index in [1.165, 1.54) is 6.07 Å². The fourth-order valence-electron chi connectivity index (χ4n) is 1.15. The minimum Gasteiger partial charge on any atom is -0.294 e. The Morgan fingerprint density at radius 3 is 2.60 bits per heavy atom. The van der Waals surface area contributed by atoms with E-state index < -0.39 is 27.8 Å². The van der Waals surface area contributed by atoms with Crippen molar-refractivity contribution in [1.29, 1.82) is 5.26 Å². The van der Waals surface area contributed by atoms with E-state index in [1.807, 2.05) is 0 Å². The van der Waals surface area contributed by atoms with Crippen molar-refractivity contribution in [3.63, 3.8) is 0 Å². The van der Waals surface area contributed by atoms with Crippen LogP contribution >= 0.6 is 0 Å². The van der Waals surface area contributed by atoms with Crippen LogP contribution in [0.3, 0.4) is 0 Å². The number of nitrogens with zero attached hydrogens (tertiary/aromatic N) is 2. The second-order valence-electron chi connectivity index (χ2n) is 2.74. The lowest BCUT2D eigenvalue weighted by atomic mass is 10.0. The van der Waals surface area contributed by atoms with E-state index in [0.717, 1.165) is 19.1 Å². The van der Waals surface area contributed by atoms with Gasteiger partial charge in [0.05, 0.1) is 10.5 Å². The molecule has 76 valence electrons. The van der Waals surface area contributed by atoms with Gasteiger partial charge in [-0.3, -0.25) is 14.9 Å². The van der Waals surface area contributed by atoms with Gasteiger partial charge in [0.25, 0.3) is 0 Å². The zero-order valence-electron chi connectivity index (χ0n) is 7.65. The Balaban J connectivity index is 3.66. The van der Waals surface area contributed by atoms with Crippen LogP contribution in [-0.4, -0.2) is 10.7 Å². The van der Waals surface area contributed by atoms with Gasteiger partial charge in [-0.15, -0.1) is 0 Å². The van der Waals surface area contributed by atoms with E-state index >= 15 is 0 Å². The molecule has 0 fully saturated rings. The number of carbonyl (C=O) groups excluding carboxylic acids is 1. The standard InChI is InChI=1S/C9H5FN2O3/c1-5(13)6-2-3-8(10)7(4-11)9(6)12(14)15/h2-3H,1H3. The van der Waals surface area contributed by atoms with E-state index in [-0.39, 0.29) is 5.56 Å². The van der Waals surface area contributed by atoms with Crippen molar-refractivity contribution >= 4 is 11.5 Å². The first-order chi connectivity index (χ1) is 6.99. The first-order valence-corrected chi connectivity index (χ1v) is 3.87. The molecule has 0 atom stereocenters. The molecule has 0 heterocycles. The molecule has 0 unspecified atom stereocenters. The monoisotopic (exact) mass is 208 g/mol. The number of nitriles is 1. The highest BCUT2D eigenvalue weighted by molar-refractivity contribution is 5.99. The number of Topliss-reactive ketones (excluding diaryl/α,β-unsaturated/α-hetero) is 1. The average molecular weight is 208 g/mol. The van der Waals surface area contributed by atoms with Gasteiger partial charge in [-0.05, 0) is 19.1 Å². The maximum absolute atomic E-state index is 13.0. The first-order valence-electron chi connectivity index (χ1n) is 3.87. The van der Waals surface area contributed by atoms with Crippen LogP contribution in [0.5, 0.6) is 0 Å². The van der Waals surface area contributed by atoms with Crippen molar-refractivity contribution in [3.05, 3.63) is 39.2 Å². The highest BCUT2D eigenvalue weighted by Gasteiger charge is 2.25. The van der Waals surface area contributed by atoms with Crippen LogP contribution in [0, 0.1) is 27.3 Å². The summed E-state index contributed by atoms with van der Waals surface area (Å²) in [5.41, 5.74) is -1.75. The Morgan fingerprint density at radius 1 is 1.60 bits per heavy atom. The summed E-state index contributed by atoms with van der Waals surface area (Å²) in [5, 5.41) is 19.1. The predicted octanol–water partition coefficient (Wildman–Crippen LogP) is 1.81. The topological polar surface area (TPSA) is 84.0 Å². The van der Waals surface area contributed by atoms with Gasteiger partial charge < -0.3 is 0 Å². The van der Waals surface area contributed by atoms with Crippen LogP contribution in [0.1, 0.15) is 22.8 Å². The van der Waals surface area contributed by atoms with E-state index in [1.54, 1.807) is 0 Å². The smallest absolute Gasteiger partial charge is 0.294 e. The van der Waals surface area contributed by atoms with Gasteiger partial charge in [-0.1, -0.05) is 0 Å². The molecule has 0 saturated carbocycles. The molecular formula is C9H5FN2O3. The summed E-state index contributed by atoms with van der Waals surface area (Å²) in [6.07, 6.45) is 0. The van der Waals surface area contributed by atoms with Gasteiger partial charge in [0, 0.05) is 0 Å². The number of hydrogen-bond donors (Lipinski definition) is 0. The first kappa shape index (κ1) is 10.8. The number of hydrogen-bond acceptors (Lipinski definition) is 4. The van der Waals surface area contributed by atoms with Gasteiger partial charge in [0.15, 0.2) is 11.3 Å². The number of ketones is 1. The summed E-state index contributed by atoms with van der Waals surface area (Å²) in [5.74, 6) is -1.59. The summed E-state index contributed by atoms with van der Waals surface area (Å²) < 4.78 is 13.0. The van der Waals surface area contributed by atoms with Crippen LogP contribution in [0.2, 0.25) is 0 Å². The third-order valence-corrected chi connectivity index (χ3v) is 1.80. The molecule has 0 bridgehead atoms. The van der Waals surface area contributed by atoms with Crippen LogP contribution in [0.15, 0.2) is 12.1 Å². The lowest BCUT2D eigenvalue weighted by molar-refractivity contribution is -0.385. The van der Waals surface area contributed by atoms with Crippen LogP contribution in [-0.2, 0) is 0 Å². The molecule has 0 saturated heterocycles. The normalized spacial score (nSPS) is 9.40. The van der Waals surface area contributed by atoms with E-state index in [0.29, 0.717) is 0 Å². The van der Waals surface area contributed by atoms with Gasteiger partial charge >= 0.3 is 5.69 Å². The van der Waals surface area contributed by atoms with Crippen molar-refractivity contribution in [1.82, 2.24) is 0 Å². The molecule has 0 aliphatic heterocycles.